The monoisotopic (exact) mass is 287 g/mol. The predicted molar refractivity (Wildman–Crippen MR) is 79.1 cm³/mol. The predicted octanol–water partition coefficient (Wildman–Crippen LogP) is 3.12. The maximum absolute atomic E-state index is 12.9. The highest BCUT2D eigenvalue weighted by Crippen LogP contribution is 2.18. The van der Waals surface area contributed by atoms with Crippen molar-refractivity contribution < 1.29 is 9.18 Å². The molecule has 5 heteroatoms. The number of nitrogens with zero attached hydrogens (tertiary/aromatic N) is 2. The van der Waals surface area contributed by atoms with Crippen LogP contribution in [0.1, 0.15) is 24.1 Å². The number of aromatic nitrogens is 1. The standard InChI is InChI=1S/C16H18FN3O/c1-12(14-5-7-15(17)8-6-14)20(2)16(21)19-11-13-4-3-9-18-10-13/h3-10,12H,11H2,1-2H3,(H,19,21)/t12-/m1/s1. The number of hydrogen-bond donors (Lipinski definition) is 1. The van der Waals surface area contributed by atoms with Crippen molar-refractivity contribution in [3.05, 3.63) is 65.7 Å². The number of carbonyl (C=O) groups is 1. The van der Waals surface area contributed by atoms with E-state index in [0.29, 0.717) is 6.54 Å². The van der Waals surface area contributed by atoms with Gasteiger partial charge in [-0.05, 0) is 36.2 Å². The third-order valence-electron chi connectivity index (χ3n) is 3.42. The van der Waals surface area contributed by atoms with Crippen LogP contribution in [0.3, 0.4) is 0 Å². The Morgan fingerprint density at radius 1 is 1.33 bits per heavy atom. The summed E-state index contributed by atoms with van der Waals surface area (Å²) in [5.41, 5.74) is 1.82. The molecule has 0 fully saturated rings. The Bertz CT molecular complexity index is 586. The minimum absolute atomic E-state index is 0.139. The smallest absolute Gasteiger partial charge is 0.317 e. The zero-order chi connectivity index (χ0) is 15.2. The van der Waals surface area contributed by atoms with E-state index in [2.05, 4.69) is 10.3 Å². The first-order valence-corrected chi connectivity index (χ1v) is 6.73. The van der Waals surface area contributed by atoms with Crippen LogP contribution in [0.2, 0.25) is 0 Å². The lowest BCUT2D eigenvalue weighted by Gasteiger charge is -2.25. The van der Waals surface area contributed by atoms with E-state index in [1.165, 1.54) is 12.1 Å². The highest BCUT2D eigenvalue weighted by Gasteiger charge is 2.17. The van der Waals surface area contributed by atoms with Crippen LogP contribution in [0.25, 0.3) is 0 Å². The summed E-state index contributed by atoms with van der Waals surface area (Å²) in [5, 5.41) is 2.83. The van der Waals surface area contributed by atoms with Crippen molar-refractivity contribution in [1.82, 2.24) is 15.2 Å². The second kappa shape index (κ2) is 6.83. The van der Waals surface area contributed by atoms with E-state index in [-0.39, 0.29) is 17.9 Å². The van der Waals surface area contributed by atoms with Crippen molar-refractivity contribution in [1.29, 1.82) is 0 Å². The second-order valence-electron chi connectivity index (χ2n) is 4.86. The first-order valence-electron chi connectivity index (χ1n) is 6.73. The van der Waals surface area contributed by atoms with Gasteiger partial charge >= 0.3 is 6.03 Å². The second-order valence-corrected chi connectivity index (χ2v) is 4.86. The fourth-order valence-corrected chi connectivity index (χ4v) is 1.95. The average molecular weight is 287 g/mol. The van der Waals surface area contributed by atoms with Gasteiger partial charge in [0.1, 0.15) is 5.82 Å². The fourth-order valence-electron chi connectivity index (χ4n) is 1.95. The van der Waals surface area contributed by atoms with Crippen molar-refractivity contribution in [2.45, 2.75) is 19.5 Å². The summed E-state index contributed by atoms with van der Waals surface area (Å²) in [6.45, 7) is 2.32. The maximum Gasteiger partial charge on any atom is 0.317 e. The highest BCUT2D eigenvalue weighted by molar-refractivity contribution is 5.74. The van der Waals surface area contributed by atoms with Gasteiger partial charge in [0.15, 0.2) is 0 Å². The number of benzene rings is 1. The van der Waals surface area contributed by atoms with Crippen molar-refractivity contribution in [2.24, 2.45) is 0 Å². The molecule has 0 bridgehead atoms. The molecule has 0 aliphatic heterocycles. The molecule has 21 heavy (non-hydrogen) atoms. The van der Waals surface area contributed by atoms with Crippen LogP contribution in [-0.4, -0.2) is 23.0 Å². The number of amides is 2. The molecule has 0 spiro atoms. The number of carbonyl (C=O) groups excluding carboxylic acids is 1. The van der Waals surface area contributed by atoms with Gasteiger partial charge in [0, 0.05) is 26.0 Å². The summed E-state index contributed by atoms with van der Waals surface area (Å²) in [5.74, 6) is -0.283. The molecule has 110 valence electrons. The minimum atomic E-state index is -0.283. The minimum Gasteiger partial charge on any atom is -0.334 e. The van der Waals surface area contributed by atoms with Crippen LogP contribution in [0.15, 0.2) is 48.8 Å². The van der Waals surface area contributed by atoms with Crippen LogP contribution < -0.4 is 5.32 Å². The molecule has 0 unspecified atom stereocenters. The van der Waals surface area contributed by atoms with E-state index in [0.717, 1.165) is 11.1 Å². The SMILES string of the molecule is C[C@H](c1ccc(F)cc1)N(C)C(=O)NCc1cccnc1. The van der Waals surface area contributed by atoms with Gasteiger partial charge in [-0.15, -0.1) is 0 Å². The van der Waals surface area contributed by atoms with Crippen molar-refractivity contribution >= 4 is 6.03 Å². The third-order valence-corrected chi connectivity index (χ3v) is 3.42. The van der Waals surface area contributed by atoms with Crippen LogP contribution in [0.4, 0.5) is 9.18 Å². The van der Waals surface area contributed by atoms with Crippen molar-refractivity contribution in [2.75, 3.05) is 7.05 Å². The van der Waals surface area contributed by atoms with Crippen LogP contribution in [0.5, 0.6) is 0 Å². The van der Waals surface area contributed by atoms with E-state index in [1.54, 1.807) is 36.5 Å². The van der Waals surface area contributed by atoms with Gasteiger partial charge in [-0.3, -0.25) is 4.98 Å². The molecule has 2 amide bonds. The molecule has 4 nitrogen and oxygen atoms in total. The molecule has 0 saturated heterocycles. The third kappa shape index (κ3) is 4.02. The Balaban J connectivity index is 1.94. The van der Waals surface area contributed by atoms with Crippen LogP contribution in [-0.2, 0) is 6.54 Å². The van der Waals surface area contributed by atoms with Gasteiger partial charge < -0.3 is 10.2 Å². The van der Waals surface area contributed by atoms with Gasteiger partial charge in [-0.2, -0.15) is 0 Å². The van der Waals surface area contributed by atoms with Crippen LogP contribution in [0, 0.1) is 5.82 Å². The van der Waals surface area contributed by atoms with Gasteiger partial charge in [0.2, 0.25) is 0 Å². The quantitative estimate of drug-likeness (QED) is 0.939. The van der Waals surface area contributed by atoms with E-state index >= 15 is 0 Å². The summed E-state index contributed by atoms with van der Waals surface area (Å²) >= 11 is 0. The van der Waals surface area contributed by atoms with E-state index in [1.807, 2.05) is 19.1 Å². The first-order chi connectivity index (χ1) is 10.1. The normalized spacial score (nSPS) is 11.8. The van der Waals surface area contributed by atoms with Gasteiger partial charge in [-0.25, -0.2) is 9.18 Å². The first kappa shape index (κ1) is 15.0. The maximum atomic E-state index is 12.9. The molecule has 0 aliphatic rings. The molecule has 2 aromatic rings. The number of halogens is 1. The zero-order valence-corrected chi connectivity index (χ0v) is 12.1. The molecule has 1 aromatic heterocycles. The number of rotatable bonds is 4. The number of urea groups is 1. The number of hydrogen-bond acceptors (Lipinski definition) is 2. The van der Waals surface area contributed by atoms with Crippen molar-refractivity contribution in [3.63, 3.8) is 0 Å². The lowest BCUT2D eigenvalue weighted by Crippen LogP contribution is -2.38. The summed E-state index contributed by atoms with van der Waals surface area (Å²) in [4.78, 5) is 17.7. The Hall–Kier alpha value is -2.43. The highest BCUT2D eigenvalue weighted by atomic mass is 19.1. The molecule has 0 aliphatic carbocycles. The number of pyridine rings is 1. The summed E-state index contributed by atoms with van der Waals surface area (Å²) in [6, 6.07) is 9.56. The molecule has 1 N–H and O–H groups in total. The Labute approximate surface area is 123 Å². The number of nitrogens with one attached hydrogen (secondary N) is 1. The summed E-state index contributed by atoms with van der Waals surface area (Å²) in [7, 11) is 1.71. The summed E-state index contributed by atoms with van der Waals surface area (Å²) < 4.78 is 12.9. The van der Waals surface area contributed by atoms with E-state index < -0.39 is 0 Å². The molecule has 0 saturated carbocycles. The van der Waals surface area contributed by atoms with Crippen LogP contribution >= 0.6 is 0 Å². The Morgan fingerprint density at radius 3 is 2.67 bits per heavy atom. The Morgan fingerprint density at radius 2 is 2.05 bits per heavy atom. The lowest BCUT2D eigenvalue weighted by atomic mass is 10.1. The van der Waals surface area contributed by atoms with E-state index in [9.17, 15) is 9.18 Å². The summed E-state index contributed by atoms with van der Waals surface area (Å²) in [6.07, 6.45) is 3.40. The largest absolute Gasteiger partial charge is 0.334 e. The lowest BCUT2D eigenvalue weighted by molar-refractivity contribution is 0.194. The van der Waals surface area contributed by atoms with Gasteiger partial charge in [0.25, 0.3) is 0 Å². The Kier molecular flexibility index (Phi) is 4.87. The van der Waals surface area contributed by atoms with Crippen molar-refractivity contribution in [3.8, 4) is 0 Å². The molecular formula is C16H18FN3O. The van der Waals surface area contributed by atoms with Gasteiger partial charge in [-0.1, -0.05) is 18.2 Å². The molecule has 0 radical (unpaired) electrons. The van der Waals surface area contributed by atoms with Gasteiger partial charge in [0.05, 0.1) is 6.04 Å². The molecule has 1 aromatic carbocycles. The van der Waals surface area contributed by atoms with E-state index in [4.69, 9.17) is 0 Å². The average Bonchev–Trinajstić information content (AvgIpc) is 2.53. The molecular weight excluding hydrogens is 269 g/mol. The fraction of sp³-hybridized carbons (Fsp3) is 0.250. The molecule has 2 rings (SSSR count). The molecule has 1 atom stereocenters. The molecule has 1 heterocycles. The topological polar surface area (TPSA) is 45.2 Å². The zero-order valence-electron chi connectivity index (χ0n) is 12.1.